The minimum Gasteiger partial charge on any atom is -0.353 e. The summed E-state index contributed by atoms with van der Waals surface area (Å²) < 4.78 is 0. The van der Waals surface area contributed by atoms with Gasteiger partial charge in [0.15, 0.2) is 0 Å². The summed E-state index contributed by atoms with van der Waals surface area (Å²) in [6, 6.07) is 6.01. The van der Waals surface area contributed by atoms with Crippen molar-refractivity contribution in [3.05, 3.63) is 24.4 Å². The van der Waals surface area contributed by atoms with Gasteiger partial charge in [0.25, 0.3) is 0 Å². The second-order valence-electron chi connectivity index (χ2n) is 3.81. The molecule has 0 saturated carbocycles. The van der Waals surface area contributed by atoms with Crippen LogP contribution >= 0.6 is 21.6 Å². The van der Waals surface area contributed by atoms with Crippen molar-refractivity contribution in [3.8, 4) is 0 Å². The van der Waals surface area contributed by atoms with Gasteiger partial charge in [-0.05, 0) is 43.2 Å². The van der Waals surface area contributed by atoms with Crippen LogP contribution in [0.5, 0.6) is 0 Å². The zero-order valence-corrected chi connectivity index (χ0v) is 12.0. The molecule has 0 fully saturated rings. The Morgan fingerprint density at radius 1 is 1.47 bits per heavy atom. The summed E-state index contributed by atoms with van der Waals surface area (Å²) in [5.74, 6) is 0.0905. The average Bonchev–Trinajstić information content (AvgIpc) is 2.36. The van der Waals surface area contributed by atoms with E-state index in [2.05, 4.69) is 17.2 Å². The maximum Gasteiger partial charge on any atom is 0.233 e. The van der Waals surface area contributed by atoms with E-state index >= 15 is 0 Å². The van der Waals surface area contributed by atoms with Crippen LogP contribution in [0.2, 0.25) is 0 Å². The fourth-order valence-corrected chi connectivity index (χ4v) is 2.95. The summed E-state index contributed by atoms with van der Waals surface area (Å²) in [5, 5.41) is 3.83. The Morgan fingerprint density at radius 3 is 2.82 bits per heavy atom. The predicted octanol–water partition coefficient (Wildman–Crippen LogP) is 3.13. The highest BCUT2D eigenvalue weighted by Crippen LogP contribution is 2.32. The zero-order chi connectivity index (χ0) is 12.7. The molecule has 1 N–H and O–H groups in total. The second kappa shape index (κ2) is 7.61. The van der Waals surface area contributed by atoms with Gasteiger partial charge in [0.05, 0.1) is 5.25 Å². The summed E-state index contributed by atoms with van der Waals surface area (Å²) in [6.45, 7) is 5.99. The monoisotopic (exact) mass is 270 g/mol. The van der Waals surface area contributed by atoms with Crippen molar-refractivity contribution in [2.24, 2.45) is 0 Å². The van der Waals surface area contributed by atoms with E-state index in [9.17, 15) is 4.79 Å². The van der Waals surface area contributed by atoms with Crippen LogP contribution in [-0.2, 0) is 4.79 Å². The molecule has 0 bridgehead atoms. The van der Waals surface area contributed by atoms with Crippen molar-refractivity contribution in [2.45, 2.75) is 43.5 Å². The maximum absolute atomic E-state index is 11.8. The van der Waals surface area contributed by atoms with E-state index in [4.69, 9.17) is 0 Å². The molecule has 2 atom stereocenters. The molecule has 0 radical (unpaired) electrons. The van der Waals surface area contributed by atoms with Crippen LogP contribution in [0.4, 0.5) is 0 Å². The van der Waals surface area contributed by atoms with E-state index in [-0.39, 0.29) is 17.2 Å². The molecular weight excluding hydrogens is 252 g/mol. The van der Waals surface area contributed by atoms with Crippen molar-refractivity contribution in [2.75, 3.05) is 0 Å². The number of nitrogens with one attached hydrogen (secondary N) is 1. The molecule has 1 heterocycles. The normalized spacial score (nSPS) is 14.1. The van der Waals surface area contributed by atoms with Crippen LogP contribution in [-0.4, -0.2) is 22.2 Å². The first kappa shape index (κ1) is 14.4. The Balaban J connectivity index is 2.34. The van der Waals surface area contributed by atoms with E-state index in [1.807, 2.05) is 32.0 Å². The SMILES string of the molecule is CCC(C)NC(=O)C(C)SSc1ccccn1. The number of pyridine rings is 1. The van der Waals surface area contributed by atoms with Crippen LogP contribution in [0.1, 0.15) is 27.2 Å². The summed E-state index contributed by atoms with van der Waals surface area (Å²) in [4.78, 5) is 16.0. The molecule has 5 heteroatoms. The van der Waals surface area contributed by atoms with Crippen molar-refractivity contribution in [1.82, 2.24) is 10.3 Å². The molecule has 1 aromatic rings. The molecule has 0 aliphatic heterocycles. The van der Waals surface area contributed by atoms with E-state index in [1.165, 1.54) is 21.6 Å². The van der Waals surface area contributed by atoms with Crippen LogP contribution in [0.25, 0.3) is 0 Å². The number of carbonyl (C=O) groups excluding carboxylic acids is 1. The fourth-order valence-electron chi connectivity index (χ4n) is 1.02. The smallest absolute Gasteiger partial charge is 0.233 e. The van der Waals surface area contributed by atoms with E-state index in [0.29, 0.717) is 0 Å². The third-order valence-electron chi connectivity index (χ3n) is 2.29. The Bertz CT molecular complexity index is 346. The Morgan fingerprint density at radius 2 is 2.24 bits per heavy atom. The summed E-state index contributed by atoms with van der Waals surface area (Å²) in [7, 11) is 3.07. The molecule has 1 aromatic heterocycles. The zero-order valence-electron chi connectivity index (χ0n) is 10.3. The first-order valence-corrected chi connectivity index (χ1v) is 7.89. The minimum atomic E-state index is -0.0731. The van der Waals surface area contributed by atoms with Gasteiger partial charge >= 0.3 is 0 Å². The second-order valence-corrected chi connectivity index (χ2v) is 6.37. The van der Waals surface area contributed by atoms with Gasteiger partial charge in [-0.15, -0.1) is 0 Å². The number of hydrogen-bond acceptors (Lipinski definition) is 4. The number of carbonyl (C=O) groups is 1. The first-order valence-electron chi connectivity index (χ1n) is 5.68. The lowest BCUT2D eigenvalue weighted by Crippen LogP contribution is -2.36. The summed E-state index contributed by atoms with van der Waals surface area (Å²) in [6.07, 6.45) is 2.71. The van der Waals surface area contributed by atoms with Crippen LogP contribution in [0, 0.1) is 0 Å². The Hall–Kier alpha value is -0.680. The third kappa shape index (κ3) is 5.46. The first-order chi connectivity index (χ1) is 8.13. The molecule has 1 rings (SSSR count). The lowest BCUT2D eigenvalue weighted by atomic mass is 10.2. The van der Waals surface area contributed by atoms with Crippen molar-refractivity contribution >= 4 is 27.5 Å². The molecule has 0 spiro atoms. The minimum absolute atomic E-state index is 0.0731. The Labute approximate surface area is 111 Å². The van der Waals surface area contributed by atoms with Crippen LogP contribution in [0.15, 0.2) is 29.4 Å². The molecule has 0 aromatic carbocycles. The summed E-state index contributed by atoms with van der Waals surface area (Å²) >= 11 is 0. The molecule has 3 nitrogen and oxygen atoms in total. The number of nitrogens with zero attached hydrogens (tertiary/aromatic N) is 1. The topological polar surface area (TPSA) is 42.0 Å². The van der Waals surface area contributed by atoms with Crippen LogP contribution < -0.4 is 5.32 Å². The van der Waals surface area contributed by atoms with E-state index in [0.717, 1.165) is 11.4 Å². The lowest BCUT2D eigenvalue weighted by molar-refractivity contribution is -0.120. The van der Waals surface area contributed by atoms with Gasteiger partial charge < -0.3 is 5.32 Å². The molecule has 17 heavy (non-hydrogen) atoms. The van der Waals surface area contributed by atoms with Crippen molar-refractivity contribution < 1.29 is 4.79 Å². The molecule has 0 aliphatic carbocycles. The molecule has 94 valence electrons. The van der Waals surface area contributed by atoms with Gasteiger partial charge in [0.1, 0.15) is 5.03 Å². The third-order valence-corrected chi connectivity index (χ3v) is 4.96. The fraction of sp³-hybridized carbons (Fsp3) is 0.500. The lowest BCUT2D eigenvalue weighted by Gasteiger charge is -2.15. The standard InChI is InChI=1S/C12H18N2OS2/c1-4-9(2)14-12(15)10(3)16-17-11-7-5-6-8-13-11/h5-10H,4H2,1-3H3,(H,14,15). The van der Waals surface area contributed by atoms with Gasteiger partial charge in [0, 0.05) is 12.2 Å². The van der Waals surface area contributed by atoms with E-state index in [1.54, 1.807) is 6.20 Å². The van der Waals surface area contributed by atoms with Gasteiger partial charge in [-0.3, -0.25) is 4.79 Å². The highest BCUT2D eigenvalue weighted by Gasteiger charge is 2.15. The van der Waals surface area contributed by atoms with Gasteiger partial charge in [-0.2, -0.15) is 0 Å². The number of rotatable bonds is 6. The average molecular weight is 270 g/mol. The van der Waals surface area contributed by atoms with Gasteiger partial charge in [-0.25, -0.2) is 4.98 Å². The number of hydrogen-bond donors (Lipinski definition) is 1. The Kier molecular flexibility index (Phi) is 6.44. The molecular formula is C12H18N2OS2. The maximum atomic E-state index is 11.8. The predicted molar refractivity (Wildman–Crippen MR) is 75.0 cm³/mol. The number of amides is 1. The van der Waals surface area contributed by atoms with Crippen molar-refractivity contribution in [1.29, 1.82) is 0 Å². The molecule has 1 amide bonds. The molecule has 2 unspecified atom stereocenters. The summed E-state index contributed by atoms with van der Waals surface area (Å²) in [5.41, 5.74) is 0. The van der Waals surface area contributed by atoms with Crippen LogP contribution in [0.3, 0.4) is 0 Å². The van der Waals surface area contributed by atoms with E-state index < -0.39 is 0 Å². The highest BCUT2D eigenvalue weighted by atomic mass is 33.1. The largest absolute Gasteiger partial charge is 0.353 e. The van der Waals surface area contributed by atoms with Gasteiger partial charge in [0.2, 0.25) is 5.91 Å². The highest BCUT2D eigenvalue weighted by molar-refractivity contribution is 8.77. The van der Waals surface area contributed by atoms with Gasteiger partial charge in [-0.1, -0.05) is 23.8 Å². The molecule has 0 saturated heterocycles. The quantitative estimate of drug-likeness (QED) is 0.806. The molecule has 0 aliphatic rings. The number of aromatic nitrogens is 1. The van der Waals surface area contributed by atoms with Crippen molar-refractivity contribution in [3.63, 3.8) is 0 Å².